The van der Waals surface area contributed by atoms with Gasteiger partial charge in [0.05, 0.1) is 11.8 Å². The molecule has 1 heterocycles. The molecule has 1 amide bonds. The number of nitrogens with one attached hydrogen (secondary N) is 1. The van der Waals surface area contributed by atoms with Gasteiger partial charge >= 0.3 is 0 Å². The number of rotatable bonds is 7. The molecular weight excluding hydrogens is 490 g/mol. The third kappa shape index (κ3) is 6.22. The summed E-state index contributed by atoms with van der Waals surface area (Å²) >= 11 is 12.4. The predicted molar refractivity (Wildman–Crippen MR) is 127 cm³/mol. The van der Waals surface area contributed by atoms with E-state index in [1.807, 2.05) is 19.1 Å². The summed E-state index contributed by atoms with van der Waals surface area (Å²) in [6.07, 6.45) is 2.69. The summed E-state index contributed by atoms with van der Waals surface area (Å²) in [6, 6.07) is 11.3. The van der Waals surface area contributed by atoms with Crippen molar-refractivity contribution < 1.29 is 22.3 Å². The van der Waals surface area contributed by atoms with Crippen molar-refractivity contribution in [3.05, 3.63) is 81.2 Å². The zero-order valence-electron chi connectivity index (χ0n) is 18.0. The quantitative estimate of drug-likeness (QED) is 0.439. The van der Waals surface area contributed by atoms with Gasteiger partial charge in [-0.1, -0.05) is 42.3 Å². The number of hydrogen-bond acceptors (Lipinski definition) is 5. The van der Waals surface area contributed by atoms with Gasteiger partial charge in [-0.2, -0.15) is 0 Å². The van der Waals surface area contributed by atoms with E-state index in [2.05, 4.69) is 4.98 Å². The highest BCUT2D eigenvalue weighted by atomic mass is 35.5. The second-order valence-electron chi connectivity index (χ2n) is 7.43. The maximum Gasteiger partial charge on any atom is 0.267 e. The molecule has 1 N–H and O–H groups in total. The summed E-state index contributed by atoms with van der Waals surface area (Å²) in [6.45, 7) is 3.63. The summed E-state index contributed by atoms with van der Waals surface area (Å²) < 4.78 is 44.9. The van der Waals surface area contributed by atoms with Crippen LogP contribution in [0.2, 0.25) is 10.0 Å². The van der Waals surface area contributed by atoms with Gasteiger partial charge in [0.15, 0.2) is 0 Å². The molecule has 0 unspecified atom stereocenters. The van der Waals surface area contributed by atoms with E-state index in [1.165, 1.54) is 12.3 Å². The second-order valence-corrected chi connectivity index (χ2v) is 10.0. The SMILES string of the molecule is CC[C@@H](Oc1ncc(-c2cc(F)c(C(=O)NS(C)(=O)=O)cc2C)cc1Cl)c1ccc(Cl)cc1. The number of carbonyl (C=O) groups is 1. The highest BCUT2D eigenvalue weighted by Crippen LogP contribution is 2.34. The lowest BCUT2D eigenvalue weighted by Crippen LogP contribution is -2.30. The van der Waals surface area contributed by atoms with Crippen molar-refractivity contribution in [3.63, 3.8) is 0 Å². The Morgan fingerprint density at radius 3 is 2.42 bits per heavy atom. The Balaban J connectivity index is 1.88. The average molecular weight is 511 g/mol. The smallest absolute Gasteiger partial charge is 0.267 e. The highest BCUT2D eigenvalue weighted by Gasteiger charge is 2.20. The van der Waals surface area contributed by atoms with E-state index in [-0.39, 0.29) is 22.6 Å². The van der Waals surface area contributed by atoms with Gasteiger partial charge < -0.3 is 4.74 Å². The Kier molecular flexibility index (Phi) is 7.62. The Bertz CT molecular complexity index is 1300. The zero-order valence-corrected chi connectivity index (χ0v) is 20.4. The number of aryl methyl sites for hydroxylation is 1. The van der Waals surface area contributed by atoms with Crippen molar-refractivity contribution in [1.82, 2.24) is 9.71 Å². The first kappa shape index (κ1) is 25.0. The molecule has 0 aliphatic heterocycles. The molecule has 10 heteroatoms. The van der Waals surface area contributed by atoms with Crippen LogP contribution in [0.4, 0.5) is 4.39 Å². The first-order valence-electron chi connectivity index (χ1n) is 9.88. The number of aromatic nitrogens is 1. The number of carbonyl (C=O) groups excluding carboxylic acids is 1. The normalized spacial score (nSPS) is 12.3. The lowest BCUT2D eigenvalue weighted by atomic mass is 9.99. The Morgan fingerprint density at radius 2 is 1.85 bits per heavy atom. The van der Waals surface area contributed by atoms with E-state index in [9.17, 15) is 17.6 Å². The van der Waals surface area contributed by atoms with E-state index in [0.29, 0.717) is 28.1 Å². The molecule has 33 heavy (non-hydrogen) atoms. The second kappa shape index (κ2) is 10.1. The number of hydrogen-bond donors (Lipinski definition) is 1. The zero-order chi connectivity index (χ0) is 24.3. The van der Waals surface area contributed by atoms with E-state index in [4.69, 9.17) is 27.9 Å². The van der Waals surface area contributed by atoms with Crippen molar-refractivity contribution >= 4 is 39.1 Å². The first-order chi connectivity index (χ1) is 15.5. The number of pyridine rings is 1. The molecular formula is C23H21Cl2FN2O4S. The molecule has 0 saturated carbocycles. The van der Waals surface area contributed by atoms with Crippen molar-refractivity contribution in [3.8, 4) is 17.0 Å². The molecule has 174 valence electrons. The molecule has 0 fully saturated rings. The van der Waals surface area contributed by atoms with Crippen LogP contribution in [0.1, 0.15) is 40.9 Å². The molecule has 2 aromatic carbocycles. The van der Waals surface area contributed by atoms with Crippen LogP contribution in [0, 0.1) is 12.7 Å². The van der Waals surface area contributed by atoms with Gasteiger partial charge in [-0.25, -0.2) is 22.5 Å². The summed E-state index contributed by atoms with van der Waals surface area (Å²) in [5.41, 5.74) is 2.04. The molecule has 0 saturated heterocycles. The predicted octanol–water partition coefficient (Wildman–Crippen LogP) is 5.72. The van der Waals surface area contributed by atoms with E-state index in [0.717, 1.165) is 17.9 Å². The Morgan fingerprint density at radius 1 is 1.18 bits per heavy atom. The molecule has 0 aliphatic rings. The van der Waals surface area contributed by atoms with E-state index < -0.39 is 21.7 Å². The standard InChI is InChI=1S/C23H21Cl2FN2O4S/c1-4-21(14-5-7-16(24)8-6-14)32-23-19(25)10-15(12-27-23)17-11-20(26)18(9-13(17)2)22(29)28-33(3,30)31/h5-12,21H,4H2,1-3H3,(H,28,29)/t21-/m1/s1. The van der Waals surface area contributed by atoms with Gasteiger partial charge in [0.1, 0.15) is 16.9 Å². The third-order valence-corrected chi connectivity index (χ3v) is 5.90. The molecule has 3 rings (SSSR count). The number of amides is 1. The molecule has 1 atom stereocenters. The van der Waals surface area contributed by atoms with Crippen molar-refractivity contribution in [1.29, 1.82) is 0 Å². The van der Waals surface area contributed by atoms with Crippen LogP contribution in [-0.4, -0.2) is 25.6 Å². The van der Waals surface area contributed by atoms with Gasteiger partial charge in [0.2, 0.25) is 15.9 Å². The molecule has 0 bridgehead atoms. The lowest BCUT2D eigenvalue weighted by molar-refractivity contribution is 0.0977. The molecule has 3 aromatic rings. The minimum absolute atomic E-state index is 0.226. The number of ether oxygens (including phenoxy) is 1. The minimum Gasteiger partial charge on any atom is -0.468 e. The first-order valence-corrected chi connectivity index (χ1v) is 12.5. The van der Waals surface area contributed by atoms with Crippen molar-refractivity contribution in [2.75, 3.05) is 6.26 Å². The highest BCUT2D eigenvalue weighted by molar-refractivity contribution is 7.89. The Labute approximate surface area is 201 Å². The number of halogens is 3. The van der Waals surface area contributed by atoms with Crippen molar-refractivity contribution in [2.24, 2.45) is 0 Å². The molecule has 0 radical (unpaired) electrons. The number of benzene rings is 2. The average Bonchev–Trinajstić information content (AvgIpc) is 2.73. The van der Waals surface area contributed by atoms with Gasteiger partial charge in [-0.3, -0.25) is 4.79 Å². The summed E-state index contributed by atoms with van der Waals surface area (Å²) in [5, 5.41) is 0.857. The number of nitrogens with zero attached hydrogens (tertiary/aromatic N) is 1. The molecule has 0 aliphatic carbocycles. The van der Waals surface area contributed by atoms with Gasteiger partial charge in [0, 0.05) is 16.8 Å². The molecule has 1 aromatic heterocycles. The van der Waals surface area contributed by atoms with Crippen LogP contribution in [0.25, 0.3) is 11.1 Å². The number of sulfonamides is 1. The minimum atomic E-state index is -3.82. The maximum absolute atomic E-state index is 14.6. The molecule has 0 spiro atoms. The van der Waals surface area contributed by atoms with Crippen LogP contribution in [0.15, 0.2) is 48.7 Å². The Hall–Kier alpha value is -2.68. The lowest BCUT2D eigenvalue weighted by Gasteiger charge is -2.18. The van der Waals surface area contributed by atoms with Crippen LogP contribution in [0.5, 0.6) is 5.88 Å². The fourth-order valence-corrected chi connectivity index (χ4v) is 4.03. The topological polar surface area (TPSA) is 85.4 Å². The van der Waals surface area contributed by atoms with Crippen LogP contribution in [-0.2, 0) is 10.0 Å². The third-order valence-electron chi connectivity index (χ3n) is 4.82. The largest absolute Gasteiger partial charge is 0.468 e. The van der Waals surface area contributed by atoms with Crippen LogP contribution >= 0.6 is 23.2 Å². The maximum atomic E-state index is 14.6. The van der Waals surface area contributed by atoms with Gasteiger partial charge in [-0.05, 0) is 60.4 Å². The van der Waals surface area contributed by atoms with Gasteiger partial charge in [-0.15, -0.1) is 0 Å². The van der Waals surface area contributed by atoms with Crippen LogP contribution in [0.3, 0.4) is 0 Å². The summed E-state index contributed by atoms with van der Waals surface area (Å²) in [7, 11) is -3.82. The van der Waals surface area contributed by atoms with E-state index >= 15 is 0 Å². The fraction of sp³-hybridized carbons (Fsp3) is 0.217. The van der Waals surface area contributed by atoms with E-state index in [1.54, 1.807) is 29.8 Å². The van der Waals surface area contributed by atoms with Gasteiger partial charge in [0.25, 0.3) is 5.91 Å². The van der Waals surface area contributed by atoms with Crippen LogP contribution < -0.4 is 9.46 Å². The summed E-state index contributed by atoms with van der Waals surface area (Å²) in [5.74, 6) is -1.69. The summed E-state index contributed by atoms with van der Waals surface area (Å²) in [4.78, 5) is 16.4. The monoisotopic (exact) mass is 510 g/mol. The molecule has 6 nitrogen and oxygen atoms in total. The fourth-order valence-electron chi connectivity index (χ4n) is 3.25. The van der Waals surface area contributed by atoms with Crippen molar-refractivity contribution in [2.45, 2.75) is 26.4 Å².